The van der Waals surface area contributed by atoms with Crippen molar-refractivity contribution in [1.82, 2.24) is 25.1 Å². The molecule has 0 amide bonds. The molecule has 0 fully saturated rings. The van der Waals surface area contributed by atoms with Gasteiger partial charge in [-0.2, -0.15) is 4.98 Å². The van der Waals surface area contributed by atoms with Gasteiger partial charge < -0.3 is 10.3 Å². The van der Waals surface area contributed by atoms with Gasteiger partial charge in [0.2, 0.25) is 5.95 Å². The van der Waals surface area contributed by atoms with Crippen LogP contribution < -0.4 is 5.73 Å². The number of aryl methyl sites for hydroxylation is 1. The summed E-state index contributed by atoms with van der Waals surface area (Å²) in [5.41, 5.74) is 9.79. The molecule has 0 bridgehead atoms. The molecule has 1 atom stereocenters. The summed E-state index contributed by atoms with van der Waals surface area (Å²) in [5, 5.41) is 4.33. The summed E-state index contributed by atoms with van der Waals surface area (Å²) in [5.74, 6) is 1.61. The summed E-state index contributed by atoms with van der Waals surface area (Å²) in [6.45, 7) is 8.45. The Bertz CT molecular complexity index is 1130. The third kappa shape index (κ3) is 3.54. The number of nitrogen functional groups attached to an aromatic ring is 1. The predicted octanol–water partition coefficient (Wildman–Crippen LogP) is 4.44. The molecule has 0 radical (unpaired) electrons. The van der Waals surface area contributed by atoms with E-state index in [4.69, 9.17) is 15.2 Å². The van der Waals surface area contributed by atoms with Crippen molar-refractivity contribution in [3.05, 3.63) is 71.9 Å². The number of pyridine rings is 1. The molecule has 1 unspecified atom stereocenters. The van der Waals surface area contributed by atoms with Gasteiger partial charge in [0.1, 0.15) is 0 Å². The molecule has 30 heavy (non-hydrogen) atoms. The fraction of sp³-hybridized carbons (Fsp3) is 0.261. The molecule has 4 rings (SSSR count). The van der Waals surface area contributed by atoms with E-state index in [0.29, 0.717) is 11.7 Å². The Kier molecular flexibility index (Phi) is 5.03. The number of hydrogen-bond donors (Lipinski definition) is 1. The highest BCUT2D eigenvalue weighted by atomic mass is 16.5. The average molecular weight is 400 g/mol. The van der Waals surface area contributed by atoms with Gasteiger partial charge in [0, 0.05) is 29.7 Å². The maximum absolute atomic E-state index is 5.60. The molecule has 3 heterocycles. The van der Waals surface area contributed by atoms with Gasteiger partial charge in [0.25, 0.3) is 5.89 Å². The second-order valence-corrected chi connectivity index (χ2v) is 7.91. The Morgan fingerprint density at radius 1 is 0.900 bits per heavy atom. The SMILES string of the molecule is Cc1ccc(-c2nc(C(C)(c3ccc(-c4cnc(N)nc4)nc3)C(C)C)no2)cc1. The molecule has 2 N–H and O–H groups in total. The second-order valence-electron chi connectivity index (χ2n) is 7.91. The number of rotatable bonds is 5. The molecule has 152 valence electrons. The first-order valence-corrected chi connectivity index (χ1v) is 9.83. The van der Waals surface area contributed by atoms with Crippen molar-refractivity contribution in [3.63, 3.8) is 0 Å². The highest BCUT2D eigenvalue weighted by Gasteiger charge is 2.38. The fourth-order valence-electron chi connectivity index (χ4n) is 3.31. The lowest BCUT2D eigenvalue weighted by molar-refractivity contribution is 0.350. The third-order valence-corrected chi connectivity index (χ3v) is 5.67. The summed E-state index contributed by atoms with van der Waals surface area (Å²) in [6, 6.07) is 12.0. The van der Waals surface area contributed by atoms with Crippen LogP contribution in [0.5, 0.6) is 0 Å². The number of nitrogens with two attached hydrogens (primary N) is 1. The van der Waals surface area contributed by atoms with Crippen molar-refractivity contribution < 1.29 is 4.52 Å². The van der Waals surface area contributed by atoms with E-state index in [1.54, 1.807) is 12.4 Å². The van der Waals surface area contributed by atoms with Crippen LogP contribution in [0.4, 0.5) is 5.95 Å². The van der Waals surface area contributed by atoms with Crippen LogP contribution in [-0.4, -0.2) is 25.1 Å². The lowest BCUT2D eigenvalue weighted by Gasteiger charge is -2.30. The summed E-state index contributed by atoms with van der Waals surface area (Å²) in [7, 11) is 0. The molecule has 1 aromatic carbocycles. The van der Waals surface area contributed by atoms with Gasteiger partial charge >= 0.3 is 0 Å². The Morgan fingerprint density at radius 2 is 1.60 bits per heavy atom. The highest BCUT2D eigenvalue weighted by molar-refractivity contribution is 5.58. The minimum atomic E-state index is -0.463. The predicted molar refractivity (Wildman–Crippen MR) is 115 cm³/mol. The highest BCUT2D eigenvalue weighted by Crippen LogP contribution is 2.38. The van der Waals surface area contributed by atoms with Crippen LogP contribution in [0.3, 0.4) is 0 Å². The van der Waals surface area contributed by atoms with Crippen molar-refractivity contribution >= 4 is 5.95 Å². The first kappa shape index (κ1) is 19.7. The quantitative estimate of drug-likeness (QED) is 0.528. The largest absolute Gasteiger partial charge is 0.368 e. The molecule has 0 saturated carbocycles. The molecule has 0 aliphatic rings. The minimum Gasteiger partial charge on any atom is -0.368 e. The monoisotopic (exact) mass is 400 g/mol. The van der Waals surface area contributed by atoms with Gasteiger partial charge in [0.05, 0.1) is 11.1 Å². The van der Waals surface area contributed by atoms with Crippen LogP contribution in [0.15, 0.2) is 59.5 Å². The topological polar surface area (TPSA) is 104 Å². The number of benzene rings is 1. The molecule has 3 aromatic heterocycles. The van der Waals surface area contributed by atoms with Gasteiger partial charge in [-0.3, -0.25) is 4.98 Å². The molecular formula is C23H24N6O. The summed E-state index contributed by atoms with van der Waals surface area (Å²) >= 11 is 0. The van der Waals surface area contributed by atoms with Crippen LogP contribution in [-0.2, 0) is 5.41 Å². The smallest absolute Gasteiger partial charge is 0.257 e. The van der Waals surface area contributed by atoms with Crippen molar-refractivity contribution in [1.29, 1.82) is 0 Å². The van der Waals surface area contributed by atoms with E-state index in [-0.39, 0.29) is 11.9 Å². The number of hydrogen-bond acceptors (Lipinski definition) is 7. The van der Waals surface area contributed by atoms with Crippen LogP contribution >= 0.6 is 0 Å². The van der Waals surface area contributed by atoms with Crippen molar-refractivity contribution in [2.75, 3.05) is 5.73 Å². The normalized spacial score (nSPS) is 13.4. The van der Waals surface area contributed by atoms with E-state index in [9.17, 15) is 0 Å². The molecular weight excluding hydrogens is 376 g/mol. The zero-order valence-electron chi connectivity index (χ0n) is 17.5. The second kappa shape index (κ2) is 7.67. The van der Waals surface area contributed by atoms with E-state index in [1.807, 2.05) is 49.5 Å². The van der Waals surface area contributed by atoms with Gasteiger partial charge in [-0.25, -0.2) is 9.97 Å². The van der Waals surface area contributed by atoms with Gasteiger partial charge in [-0.15, -0.1) is 0 Å². The van der Waals surface area contributed by atoms with Gasteiger partial charge in [0.15, 0.2) is 5.82 Å². The van der Waals surface area contributed by atoms with Crippen LogP contribution in [0, 0.1) is 12.8 Å². The number of anilines is 1. The number of aromatic nitrogens is 5. The summed E-state index contributed by atoms with van der Waals surface area (Å²) in [4.78, 5) is 17.4. The third-order valence-electron chi connectivity index (χ3n) is 5.67. The van der Waals surface area contributed by atoms with Crippen LogP contribution in [0.25, 0.3) is 22.7 Å². The van der Waals surface area contributed by atoms with E-state index < -0.39 is 5.41 Å². The van der Waals surface area contributed by atoms with Crippen molar-refractivity contribution in [2.45, 2.75) is 33.1 Å². The average Bonchev–Trinajstić information content (AvgIpc) is 3.25. The lowest BCUT2D eigenvalue weighted by Crippen LogP contribution is -2.31. The molecule has 7 nitrogen and oxygen atoms in total. The maximum Gasteiger partial charge on any atom is 0.257 e. The molecule has 0 saturated heterocycles. The van der Waals surface area contributed by atoms with Crippen LogP contribution in [0.1, 0.15) is 37.7 Å². The first-order chi connectivity index (χ1) is 14.4. The van der Waals surface area contributed by atoms with E-state index in [2.05, 4.69) is 40.9 Å². The van der Waals surface area contributed by atoms with Gasteiger partial charge in [-0.1, -0.05) is 42.8 Å². The van der Waals surface area contributed by atoms with Gasteiger partial charge in [-0.05, 0) is 43.5 Å². The first-order valence-electron chi connectivity index (χ1n) is 9.83. The Hall–Kier alpha value is -3.61. The minimum absolute atomic E-state index is 0.216. The van der Waals surface area contributed by atoms with E-state index in [0.717, 1.165) is 22.4 Å². The fourth-order valence-corrected chi connectivity index (χ4v) is 3.31. The number of nitrogens with zero attached hydrogens (tertiary/aromatic N) is 5. The molecule has 4 aromatic rings. The van der Waals surface area contributed by atoms with E-state index in [1.165, 1.54) is 5.56 Å². The Labute approximate surface area is 175 Å². The molecule has 0 aliphatic carbocycles. The van der Waals surface area contributed by atoms with Crippen LogP contribution in [0.2, 0.25) is 0 Å². The Morgan fingerprint density at radius 3 is 2.20 bits per heavy atom. The molecule has 0 spiro atoms. The van der Waals surface area contributed by atoms with Crippen molar-refractivity contribution in [2.24, 2.45) is 5.92 Å². The summed E-state index contributed by atoms with van der Waals surface area (Å²) < 4.78 is 5.60. The molecule has 7 heteroatoms. The van der Waals surface area contributed by atoms with Crippen molar-refractivity contribution in [3.8, 4) is 22.7 Å². The maximum atomic E-state index is 5.60. The zero-order chi connectivity index (χ0) is 21.3. The van der Waals surface area contributed by atoms with E-state index >= 15 is 0 Å². The summed E-state index contributed by atoms with van der Waals surface area (Å²) in [6.07, 6.45) is 5.19. The zero-order valence-corrected chi connectivity index (χ0v) is 17.5. The Balaban J connectivity index is 1.69. The standard InChI is InChI=1S/C23H24N6O/c1-14(2)23(4,21-28-20(30-29-21)16-7-5-15(3)6-8-16)18-9-10-19(25-13-18)17-11-26-22(24)27-12-17/h5-14H,1-4H3,(H2,24,26,27). The molecule has 0 aliphatic heterocycles. The lowest BCUT2D eigenvalue weighted by atomic mass is 9.73.